The molecule has 2 aromatic rings. The molecule has 1 aliphatic heterocycles. The zero-order valence-electron chi connectivity index (χ0n) is 13.9. The van der Waals surface area contributed by atoms with Crippen molar-refractivity contribution in [3.8, 4) is 0 Å². The number of aromatic nitrogens is 4. The van der Waals surface area contributed by atoms with Crippen molar-refractivity contribution < 1.29 is 4.74 Å². The van der Waals surface area contributed by atoms with Crippen LogP contribution >= 0.6 is 0 Å². The fourth-order valence-corrected chi connectivity index (χ4v) is 3.63. The van der Waals surface area contributed by atoms with Crippen LogP contribution in [0.5, 0.6) is 0 Å². The minimum Gasteiger partial charge on any atom is -0.370 e. The molecule has 0 amide bonds. The highest BCUT2D eigenvalue weighted by molar-refractivity contribution is 5.06. The topological polar surface area (TPSA) is 56.9 Å². The first-order valence-electron chi connectivity index (χ1n) is 8.53. The second-order valence-corrected chi connectivity index (χ2v) is 6.86. The maximum Gasteiger partial charge on any atom is 0.137 e. The molecule has 1 unspecified atom stereocenters. The van der Waals surface area contributed by atoms with Crippen molar-refractivity contribution in [3.05, 3.63) is 36.4 Å². The molecule has 6 nitrogen and oxygen atoms in total. The summed E-state index contributed by atoms with van der Waals surface area (Å²) in [6.07, 6.45) is 11.5. The van der Waals surface area contributed by atoms with E-state index in [9.17, 15) is 0 Å². The maximum atomic E-state index is 5.97. The van der Waals surface area contributed by atoms with Crippen molar-refractivity contribution in [2.45, 2.75) is 31.4 Å². The van der Waals surface area contributed by atoms with Crippen molar-refractivity contribution in [2.75, 3.05) is 13.2 Å². The zero-order chi connectivity index (χ0) is 15.8. The van der Waals surface area contributed by atoms with Crippen molar-refractivity contribution >= 4 is 0 Å². The van der Waals surface area contributed by atoms with E-state index in [4.69, 9.17) is 4.74 Å². The number of nitrogens with zero attached hydrogens (tertiary/aromatic N) is 4. The molecule has 1 aliphatic carbocycles. The molecule has 6 heteroatoms. The predicted molar refractivity (Wildman–Crippen MR) is 86.7 cm³/mol. The van der Waals surface area contributed by atoms with Gasteiger partial charge in [-0.15, -0.1) is 0 Å². The van der Waals surface area contributed by atoms with E-state index >= 15 is 0 Å². The summed E-state index contributed by atoms with van der Waals surface area (Å²) in [6, 6.07) is 0.359. The summed E-state index contributed by atoms with van der Waals surface area (Å²) in [5.74, 6) is 3.39. The standard InChI is InChI=1S/C17H25N5O/c1-21-8-6-18-16(21)14(12-3-4-12)20-11-13-5-10-23-15(13)17-19-7-9-22(17)2/h6-9,12-15,20H,3-5,10-11H2,1-2H3/t13-,14?,15+/m0/s1. The summed E-state index contributed by atoms with van der Waals surface area (Å²) in [7, 11) is 4.12. The third kappa shape index (κ3) is 2.93. The van der Waals surface area contributed by atoms with E-state index in [0.717, 1.165) is 37.1 Å². The molecule has 1 saturated heterocycles. The van der Waals surface area contributed by atoms with Crippen LogP contribution in [0, 0.1) is 11.8 Å². The lowest BCUT2D eigenvalue weighted by Crippen LogP contribution is -2.32. The summed E-state index contributed by atoms with van der Waals surface area (Å²) in [5, 5.41) is 3.78. The zero-order valence-corrected chi connectivity index (χ0v) is 13.9. The molecule has 2 aromatic heterocycles. The van der Waals surface area contributed by atoms with Gasteiger partial charge in [-0.2, -0.15) is 0 Å². The summed E-state index contributed by atoms with van der Waals surface area (Å²) in [5.41, 5.74) is 0. The predicted octanol–water partition coefficient (Wildman–Crippen LogP) is 1.97. The van der Waals surface area contributed by atoms with Gasteiger partial charge in [0.2, 0.25) is 0 Å². The highest BCUT2D eigenvalue weighted by atomic mass is 16.5. The van der Waals surface area contributed by atoms with Gasteiger partial charge in [0.1, 0.15) is 17.8 Å². The molecule has 3 heterocycles. The van der Waals surface area contributed by atoms with Gasteiger partial charge in [0.25, 0.3) is 0 Å². The van der Waals surface area contributed by atoms with E-state index in [1.165, 1.54) is 12.8 Å². The van der Waals surface area contributed by atoms with Crippen molar-refractivity contribution in [1.29, 1.82) is 0 Å². The van der Waals surface area contributed by atoms with Gasteiger partial charge >= 0.3 is 0 Å². The minimum atomic E-state index is 0.101. The summed E-state index contributed by atoms with van der Waals surface area (Å²) in [4.78, 5) is 9.04. The van der Waals surface area contributed by atoms with E-state index < -0.39 is 0 Å². The Kier molecular flexibility index (Phi) is 3.95. The van der Waals surface area contributed by atoms with E-state index in [1.54, 1.807) is 0 Å². The third-order valence-corrected chi connectivity index (χ3v) is 5.16. The van der Waals surface area contributed by atoms with Gasteiger partial charge < -0.3 is 19.2 Å². The van der Waals surface area contributed by atoms with E-state index in [0.29, 0.717) is 12.0 Å². The first-order chi connectivity index (χ1) is 11.2. The van der Waals surface area contributed by atoms with Gasteiger partial charge in [-0.25, -0.2) is 9.97 Å². The molecule has 4 rings (SSSR count). The number of nitrogens with one attached hydrogen (secondary N) is 1. The Bertz CT molecular complexity index is 659. The first kappa shape index (κ1) is 14.9. The Labute approximate surface area is 136 Å². The molecule has 124 valence electrons. The molecule has 23 heavy (non-hydrogen) atoms. The molecule has 2 aliphatic rings. The van der Waals surface area contributed by atoms with Crippen LogP contribution in [0.3, 0.4) is 0 Å². The second kappa shape index (κ2) is 6.09. The van der Waals surface area contributed by atoms with Gasteiger partial charge in [-0.3, -0.25) is 0 Å². The molecule has 0 radical (unpaired) electrons. The average Bonchev–Trinajstić information content (AvgIpc) is 2.91. The smallest absolute Gasteiger partial charge is 0.137 e. The maximum absolute atomic E-state index is 5.97. The van der Waals surface area contributed by atoms with Crippen LogP contribution in [-0.4, -0.2) is 32.3 Å². The van der Waals surface area contributed by atoms with Crippen molar-refractivity contribution in [1.82, 2.24) is 24.4 Å². The Hall–Kier alpha value is -1.66. The fraction of sp³-hybridized carbons (Fsp3) is 0.647. The molecule has 1 N–H and O–H groups in total. The Morgan fingerprint density at radius 1 is 1.17 bits per heavy atom. The monoisotopic (exact) mass is 315 g/mol. The Morgan fingerprint density at radius 2 is 1.96 bits per heavy atom. The van der Waals surface area contributed by atoms with E-state index in [-0.39, 0.29) is 6.10 Å². The lowest BCUT2D eigenvalue weighted by molar-refractivity contribution is 0.0801. The average molecular weight is 315 g/mol. The van der Waals surface area contributed by atoms with Crippen molar-refractivity contribution in [3.63, 3.8) is 0 Å². The summed E-state index contributed by atoms with van der Waals surface area (Å²) < 4.78 is 10.2. The minimum absolute atomic E-state index is 0.101. The molecule has 3 atom stereocenters. The van der Waals surface area contributed by atoms with Crippen LogP contribution in [0.2, 0.25) is 0 Å². The van der Waals surface area contributed by atoms with Gasteiger partial charge in [0.15, 0.2) is 0 Å². The number of aryl methyl sites for hydroxylation is 2. The van der Waals surface area contributed by atoms with Gasteiger partial charge in [-0.05, 0) is 25.2 Å². The largest absolute Gasteiger partial charge is 0.370 e. The summed E-state index contributed by atoms with van der Waals surface area (Å²) >= 11 is 0. The molecule has 0 aromatic carbocycles. The normalized spacial score (nSPS) is 25.8. The lowest BCUT2D eigenvalue weighted by Gasteiger charge is -2.23. The number of imidazole rings is 2. The summed E-state index contributed by atoms with van der Waals surface area (Å²) in [6.45, 7) is 1.77. The second-order valence-electron chi connectivity index (χ2n) is 6.86. The van der Waals surface area contributed by atoms with Gasteiger partial charge in [-0.1, -0.05) is 0 Å². The van der Waals surface area contributed by atoms with E-state index in [1.807, 2.05) is 31.8 Å². The molecular weight excluding hydrogens is 290 g/mol. The molecule has 0 spiro atoms. The SMILES string of the molecule is Cn1ccnc1C(NC[C@@H]1CCO[C@H]1c1nccn1C)C1CC1. The van der Waals surface area contributed by atoms with Crippen LogP contribution in [0.15, 0.2) is 24.8 Å². The molecule has 1 saturated carbocycles. The number of ether oxygens (including phenoxy) is 1. The molecule has 0 bridgehead atoms. The number of hydrogen-bond donors (Lipinski definition) is 1. The fourth-order valence-electron chi connectivity index (χ4n) is 3.63. The number of hydrogen-bond acceptors (Lipinski definition) is 4. The Balaban J connectivity index is 1.45. The van der Waals surface area contributed by atoms with Crippen LogP contribution in [-0.2, 0) is 18.8 Å². The van der Waals surface area contributed by atoms with Gasteiger partial charge in [0.05, 0.1) is 6.04 Å². The van der Waals surface area contributed by atoms with Gasteiger partial charge in [0, 0.05) is 58.0 Å². The van der Waals surface area contributed by atoms with Crippen molar-refractivity contribution in [2.24, 2.45) is 25.9 Å². The van der Waals surface area contributed by atoms with Crippen LogP contribution in [0.1, 0.15) is 43.1 Å². The molecule has 2 fully saturated rings. The van der Waals surface area contributed by atoms with Crippen LogP contribution in [0.4, 0.5) is 0 Å². The first-order valence-corrected chi connectivity index (χ1v) is 8.53. The van der Waals surface area contributed by atoms with Crippen LogP contribution in [0.25, 0.3) is 0 Å². The quantitative estimate of drug-likeness (QED) is 0.885. The molecular formula is C17H25N5O. The lowest BCUT2D eigenvalue weighted by atomic mass is 9.99. The van der Waals surface area contributed by atoms with Crippen LogP contribution < -0.4 is 5.32 Å². The highest BCUT2D eigenvalue weighted by Gasteiger charge is 2.37. The highest BCUT2D eigenvalue weighted by Crippen LogP contribution is 2.41. The number of rotatable bonds is 6. The third-order valence-electron chi connectivity index (χ3n) is 5.16. The van der Waals surface area contributed by atoms with E-state index in [2.05, 4.69) is 31.5 Å². The Morgan fingerprint density at radius 3 is 2.61 bits per heavy atom.